The van der Waals surface area contributed by atoms with Crippen LogP contribution in [0.1, 0.15) is 30.1 Å². The molecular formula is C20H20FN3OS. The van der Waals surface area contributed by atoms with Gasteiger partial charge in [-0.3, -0.25) is 4.79 Å². The number of halogens is 1. The van der Waals surface area contributed by atoms with E-state index in [4.69, 9.17) is 4.98 Å². The predicted octanol–water partition coefficient (Wildman–Crippen LogP) is 4.92. The number of fused-ring (bicyclic) bond motifs is 1. The van der Waals surface area contributed by atoms with Gasteiger partial charge in [-0.15, -0.1) is 0 Å². The van der Waals surface area contributed by atoms with Crippen LogP contribution < -0.4 is 10.2 Å². The number of aromatic nitrogens is 1. The van der Waals surface area contributed by atoms with Gasteiger partial charge < -0.3 is 10.2 Å². The molecule has 0 saturated carbocycles. The highest BCUT2D eigenvalue weighted by atomic mass is 32.1. The summed E-state index contributed by atoms with van der Waals surface area (Å²) in [4.78, 5) is 19.5. The number of nitrogens with zero attached hydrogens (tertiary/aromatic N) is 2. The van der Waals surface area contributed by atoms with Crippen molar-refractivity contribution in [2.45, 2.75) is 19.8 Å². The first-order valence-electron chi connectivity index (χ1n) is 8.81. The van der Waals surface area contributed by atoms with Gasteiger partial charge in [0.15, 0.2) is 5.13 Å². The first-order valence-corrected chi connectivity index (χ1v) is 9.62. The van der Waals surface area contributed by atoms with Gasteiger partial charge in [-0.2, -0.15) is 0 Å². The highest BCUT2D eigenvalue weighted by Gasteiger charge is 2.19. The molecule has 1 amide bonds. The zero-order valence-corrected chi connectivity index (χ0v) is 15.4. The van der Waals surface area contributed by atoms with Gasteiger partial charge >= 0.3 is 0 Å². The van der Waals surface area contributed by atoms with Gasteiger partial charge in [0, 0.05) is 24.3 Å². The standard InChI is InChI=1S/C20H20FN3OS/c1-13-7-9-24(10-8-13)20-23-17-6-5-14(11-18(17)26-20)19(25)22-16-4-2-3-15(21)12-16/h2-6,11-13H,7-10H2,1H3,(H,22,25). The molecule has 4 rings (SSSR count). The van der Waals surface area contributed by atoms with Crippen molar-refractivity contribution in [3.8, 4) is 0 Å². The first-order chi connectivity index (χ1) is 12.6. The Bertz CT molecular complexity index is 947. The van der Waals surface area contributed by atoms with Crippen molar-refractivity contribution in [2.75, 3.05) is 23.3 Å². The lowest BCUT2D eigenvalue weighted by Crippen LogP contribution is -2.32. The third kappa shape index (κ3) is 3.55. The molecule has 1 aliphatic rings. The third-order valence-corrected chi connectivity index (χ3v) is 5.85. The van der Waals surface area contributed by atoms with Crippen molar-refractivity contribution in [1.29, 1.82) is 0 Å². The van der Waals surface area contributed by atoms with Crippen LogP contribution in [0, 0.1) is 11.7 Å². The van der Waals surface area contributed by atoms with Crippen LogP contribution in [-0.4, -0.2) is 24.0 Å². The van der Waals surface area contributed by atoms with E-state index in [2.05, 4.69) is 17.1 Å². The summed E-state index contributed by atoms with van der Waals surface area (Å²) in [5.74, 6) is 0.152. The fourth-order valence-corrected chi connectivity index (χ4v) is 4.21. The third-order valence-electron chi connectivity index (χ3n) is 4.78. The van der Waals surface area contributed by atoms with Gasteiger partial charge in [0.2, 0.25) is 0 Å². The molecule has 3 aromatic rings. The van der Waals surface area contributed by atoms with E-state index in [0.717, 1.165) is 34.4 Å². The van der Waals surface area contributed by atoms with Gasteiger partial charge in [-0.05, 0) is 55.2 Å². The normalized spacial score (nSPS) is 15.4. The Kier molecular flexibility index (Phi) is 4.59. The molecule has 134 valence electrons. The minimum atomic E-state index is -0.374. The zero-order valence-electron chi connectivity index (χ0n) is 14.5. The Morgan fingerprint density at radius 3 is 2.81 bits per heavy atom. The quantitative estimate of drug-likeness (QED) is 0.712. The lowest BCUT2D eigenvalue weighted by molar-refractivity contribution is 0.102. The Labute approximate surface area is 155 Å². The number of carbonyl (C=O) groups excluding carboxylic acids is 1. The molecule has 2 aromatic carbocycles. The van der Waals surface area contributed by atoms with Crippen molar-refractivity contribution in [2.24, 2.45) is 5.92 Å². The van der Waals surface area contributed by atoms with Gasteiger partial charge in [-0.1, -0.05) is 24.3 Å². The van der Waals surface area contributed by atoms with Crippen LogP contribution >= 0.6 is 11.3 Å². The van der Waals surface area contributed by atoms with Crippen molar-refractivity contribution < 1.29 is 9.18 Å². The van der Waals surface area contributed by atoms with Crippen molar-refractivity contribution in [1.82, 2.24) is 4.98 Å². The maximum absolute atomic E-state index is 13.3. The molecule has 6 heteroatoms. The van der Waals surface area contributed by atoms with E-state index in [1.807, 2.05) is 12.1 Å². The highest BCUT2D eigenvalue weighted by molar-refractivity contribution is 7.22. The minimum Gasteiger partial charge on any atom is -0.348 e. The molecule has 1 saturated heterocycles. The summed E-state index contributed by atoms with van der Waals surface area (Å²) in [6.45, 7) is 4.36. The van der Waals surface area contributed by atoms with Crippen LogP contribution in [0.25, 0.3) is 10.2 Å². The Hall–Kier alpha value is -2.47. The maximum Gasteiger partial charge on any atom is 0.255 e. The molecule has 1 aliphatic heterocycles. The number of carbonyl (C=O) groups is 1. The summed E-state index contributed by atoms with van der Waals surface area (Å²) >= 11 is 1.62. The summed E-state index contributed by atoms with van der Waals surface area (Å²) < 4.78 is 14.3. The number of anilines is 2. The largest absolute Gasteiger partial charge is 0.348 e. The lowest BCUT2D eigenvalue weighted by Gasteiger charge is -2.29. The van der Waals surface area contributed by atoms with Gasteiger partial charge in [0.1, 0.15) is 5.82 Å². The number of hydrogen-bond donors (Lipinski definition) is 1. The first kappa shape index (κ1) is 17.0. The molecule has 1 N–H and O–H groups in total. The second kappa shape index (κ2) is 7.03. The number of benzene rings is 2. The number of amides is 1. The second-order valence-corrected chi connectivity index (χ2v) is 7.82. The van der Waals surface area contributed by atoms with E-state index < -0.39 is 0 Å². The van der Waals surface area contributed by atoms with E-state index in [1.54, 1.807) is 29.5 Å². The number of thiazole rings is 1. The molecule has 0 aliphatic carbocycles. The van der Waals surface area contributed by atoms with Crippen molar-refractivity contribution in [3.05, 3.63) is 53.8 Å². The second-order valence-electron chi connectivity index (χ2n) is 6.81. The van der Waals surface area contributed by atoms with Crippen LogP contribution in [0.2, 0.25) is 0 Å². The monoisotopic (exact) mass is 369 g/mol. The zero-order chi connectivity index (χ0) is 18.1. The highest BCUT2D eigenvalue weighted by Crippen LogP contribution is 2.32. The minimum absolute atomic E-state index is 0.251. The summed E-state index contributed by atoms with van der Waals surface area (Å²) in [6.07, 6.45) is 2.38. The predicted molar refractivity (Wildman–Crippen MR) is 105 cm³/mol. The summed E-state index contributed by atoms with van der Waals surface area (Å²) in [5, 5.41) is 3.76. The van der Waals surface area contributed by atoms with Gasteiger partial charge in [0.25, 0.3) is 5.91 Å². The lowest BCUT2D eigenvalue weighted by atomic mass is 10.00. The average molecular weight is 369 g/mol. The maximum atomic E-state index is 13.3. The molecule has 0 radical (unpaired) electrons. The number of piperidine rings is 1. The van der Waals surface area contributed by atoms with Crippen LogP contribution in [0.3, 0.4) is 0 Å². The van der Waals surface area contributed by atoms with Crippen molar-refractivity contribution in [3.63, 3.8) is 0 Å². The van der Waals surface area contributed by atoms with Crippen LogP contribution in [0.15, 0.2) is 42.5 Å². The van der Waals surface area contributed by atoms with Crippen LogP contribution in [0.4, 0.5) is 15.2 Å². The molecule has 26 heavy (non-hydrogen) atoms. The van der Waals surface area contributed by atoms with E-state index in [9.17, 15) is 9.18 Å². The molecule has 0 atom stereocenters. The molecule has 0 bridgehead atoms. The van der Waals surface area contributed by atoms with E-state index in [-0.39, 0.29) is 11.7 Å². The number of nitrogens with one attached hydrogen (secondary N) is 1. The van der Waals surface area contributed by atoms with Crippen molar-refractivity contribution >= 4 is 38.3 Å². The average Bonchev–Trinajstić information content (AvgIpc) is 3.05. The topological polar surface area (TPSA) is 45.2 Å². The molecular weight excluding hydrogens is 349 g/mol. The fraction of sp³-hybridized carbons (Fsp3) is 0.300. The smallest absolute Gasteiger partial charge is 0.255 e. The SMILES string of the molecule is CC1CCN(c2nc3ccc(C(=O)Nc4cccc(F)c4)cc3s2)CC1. The van der Waals surface area contributed by atoms with E-state index >= 15 is 0 Å². The van der Waals surface area contributed by atoms with Crippen LogP contribution in [-0.2, 0) is 0 Å². The van der Waals surface area contributed by atoms with E-state index in [1.165, 1.54) is 25.0 Å². The summed E-state index contributed by atoms with van der Waals surface area (Å²) in [6, 6.07) is 11.4. The Morgan fingerprint density at radius 2 is 2.04 bits per heavy atom. The summed E-state index contributed by atoms with van der Waals surface area (Å²) in [7, 11) is 0. The Balaban J connectivity index is 1.54. The number of hydrogen-bond acceptors (Lipinski definition) is 4. The molecule has 0 unspecified atom stereocenters. The molecule has 4 nitrogen and oxygen atoms in total. The van der Waals surface area contributed by atoms with Gasteiger partial charge in [0.05, 0.1) is 10.2 Å². The number of rotatable bonds is 3. The van der Waals surface area contributed by atoms with Gasteiger partial charge in [-0.25, -0.2) is 9.37 Å². The molecule has 1 fully saturated rings. The molecule has 1 aromatic heterocycles. The Morgan fingerprint density at radius 1 is 1.23 bits per heavy atom. The van der Waals surface area contributed by atoms with E-state index in [0.29, 0.717) is 11.3 Å². The fourth-order valence-electron chi connectivity index (χ4n) is 3.16. The summed E-state index contributed by atoms with van der Waals surface area (Å²) in [5.41, 5.74) is 1.90. The molecule has 2 heterocycles. The van der Waals surface area contributed by atoms with Crippen LogP contribution in [0.5, 0.6) is 0 Å². The molecule has 0 spiro atoms.